The molecular formula is C8H14O4. The van der Waals surface area contributed by atoms with E-state index in [0.717, 1.165) is 0 Å². The predicted molar refractivity (Wildman–Crippen MR) is 42.2 cm³/mol. The maximum Gasteiger partial charge on any atom is 0.308 e. The molecule has 0 rings (SSSR count). The van der Waals surface area contributed by atoms with Crippen molar-refractivity contribution < 1.29 is 19.1 Å². The van der Waals surface area contributed by atoms with Gasteiger partial charge in [-0.05, 0) is 0 Å². The number of carbonyl (C=O) groups is 2. The quantitative estimate of drug-likeness (QED) is 0.475. The number of esters is 2. The third kappa shape index (κ3) is 4.71. The summed E-state index contributed by atoms with van der Waals surface area (Å²) in [6.45, 7) is 4.74. The minimum absolute atomic E-state index is 0.289. The molecule has 0 fully saturated rings. The minimum Gasteiger partial charge on any atom is -0.425 e. The molecule has 0 aromatic heterocycles. The summed E-state index contributed by atoms with van der Waals surface area (Å²) in [6, 6.07) is 0. The summed E-state index contributed by atoms with van der Waals surface area (Å²) in [6.07, 6.45) is 0.0401. The Morgan fingerprint density at radius 2 is 1.83 bits per heavy atom. The van der Waals surface area contributed by atoms with Crippen LogP contribution in [0.5, 0.6) is 0 Å². The van der Waals surface area contributed by atoms with E-state index in [0.29, 0.717) is 6.42 Å². The van der Waals surface area contributed by atoms with Crippen LogP contribution in [0.15, 0.2) is 0 Å². The molecule has 0 amide bonds. The summed E-state index contributed by atoms with van der Waals surface area (Å²) in [5, 5.41) is 0. The van der Waals surface area contributed by atoms with Crippen LogP contribution in [0, 0.1) is 0 Å². The molecule has 0 aliphatic rings. The largest absolute Gasteiger partial charge is 0.425 e. The highest BCUT2D eigenvalue weighted by Crippen LogP contribution is 2.02. The van der Waals surface area contributed by atoms with Crippen LogP contribution in [-0.4, -0.2) is 18.2 Å². The SMILES string of the molecule is CCC(=O)OC(CC)OC(C)=O. The van der Waals surface area contributed by atoms with Crippen LogP contribution in [0.3, 0.4) is 0 Å². The minimum atomic E-state index is -0.727. The third-order valence-corrected chi connectivity index (χ3v) is 1.18. The van der Waals surface area contributed by atoms with E-state index in [2.05, 4.69) is 0 Å². The first-order chi connectivity index (χ1) is 5.60. The summed E-state index contributed by atoms with van der Waals surface area (Å²) in [5.41, 5.74) is 0. The zero-order valence-corrected chi connectivity index (χ0v) is 7.62. The molecule has 0 aliphatic carbocycles. The van der Waals surface area contributed by atoms with Crippen molar-refractivity contribution in [2.45, 2.75) is 39.9 Å². The molecular weight excluding hydrogens is 160 g/mol. The van der Waals surface area contributed by atoms with Crippen molar-refractivity contribution in [2.75, 3.05) is 0 Å². The molecule has 0 N–H and O–H groups in total. The van der Waals surface area contributed by atoms with Crippen molar-refractivity contribution in [3.63, 3.8) is 0 Å². The fourth-order valence-electron chi connectivity index (χ4n) is 0.606. The molecule has 4 nitrogen and oxygen atoms in total. The molecule has 0 aromatic rings. The lowest BCUT2D eigenvalue weighted by Crippen LogP contribution is -2.22. The molecule has 1 atom stereocenters. The number of rotatable bonds is 4. The first-order valence-corrected chi connectivity index (χ1v) is 3.96. The Morgan fingerprint density at radius 1 is 1.25 bits per heavy atom. The number of hydrogen-bond acceptors (Lipinski definition) is 4. The fraction of sp³-hybridized carbons (Fsp3) is 0.750. The van der Waals surface area contributed by atoms with Crippen LogP contribution in [0.25, 0.3) is 0 Å². The second kappa shape index (κ2) is 5.57. The van der Waals surface area contributed by atoms with Crippen LogP contribution >= 0.6 is 0 Å². The second-order valence-electron chi connectivity index (χ2n) is 2.29. The van der Waals surface area contributed by atoms with Crippen LogP contribution < -0.4 is 0 Å². The Balaban J connectivity index is 3.82. The van der Waals surface area contributed by atoms with Crippen LogP contribution in [0.2, 0.25) is 0 Å². The van der Waals surface area contributed by atoms with Gasteiger partial charge < -0.3 is 9.47 Å². The van der Waals surface area contributed by atoms with Gasteiger partial charge in [0.1, 0.15) is 0 Å². The van der Waals surface area contributed by atoms with Crippen LogP contribution in [0.4, 0.5) is 0 Å². The van der Waals surface area contributed by atoms with Gasteiger partial charge in [-0.25, -0.2) is 0 Å². The zero-order chi connectivity index (χ0) is 9.56. The van der Waals surface area contributed by atoms with E-state index in [9.17, 15) is 9.59 Å². The highest BCUT2D eigenvalue weighted by atomic mass is 16.7. The Labute approximate surface area is 71.8 Å². The standard InChI is InChI=1S/C8H14O4/c1-4-7(10)12-8(5-2)11-6(3)9/h8H,4-5H2,1-3H3. The number of ether oxygens (including phenoxy) is 2. The lowest BCUT2D eigenvalue weighted by molar-refractivity contribution is -0.186. The van der Waals surface area contributed by atoms with E-state index in [-0.39, 0.29) is 12.4 Å². The van der Waals surface area contributed by atoms with E-state index < -0.39 is 12.3 Å². The van der Waals surface area contributed by atoms with E-state index in [4.69, 9.17) is 9.47 Å². The Kier molecular flexibility index (Phi) is 5.08. The molecule has 0 bridgehead atoms. The summed E-state index contributed by atoms with van der Waals surface area (Å²) >= 11 is 0. The van der Waals surface area contributed by atoms with Gasteiger partial charge in [0.15, 0.2) is 0 Å². The molecule has 0 saturated carbocycles. The van der Waals surface area contributed by atoms with E-state index in [1.54, 1.807) is 13.8 Å². The zero-order valence-electron chi connectivity index (χ0n) is 7.62. The van der Waals surface area contributed by atoms with Gasteiger partial charge in [0.05, 0.1) is 0 Å². The predicted octanol–water partition coefficient (Wildman–Crippen LogP) is 1.24. The molecule has 0 spiro atoms. The van der Waals surface area contributed by atoms with E-state index >= 15 is 0 Å². The summed E-state index contributed by atoms with van der Waals surface area (Å²) in [7, 11) is 0. The van der Waals surface area contributed by atoms with Crippen LogP contribution in [0.1, 0.15) is 33.6 Å². The molecule has 1 unspecified atom stereocenters. The average Bonchev–Trinajstić information content (AvgIpc) is 2.02. The summed E-state index contributed by atoms with van der Waals surface area (Å²) in [5.74, 6) is -0.797. The van der Waals surface area contributed by atoms with Gasteiger partial charge >= 0.3 is 11.9 Å². The van der Waals surface area contributed by atoms with Gasteiger partial charge in [-0.1, -0.05) is 13.8 Å². The molecule has 0 aromatic carbocycles. The fourth-order valence-corrected chi connectivity index (χ4v) is 0.606. The van der Waals surface area contributed by atoms with Crippen molar-refractivity contribution in [1.82, 2.24) is 0 Å². The molecule has 12 heavy (non-hydrogen) atoms. The van der Waals surface area contributed by atoms with Crippen molar-refractivity contribution in [3.8, 4) is 0 Å². The lowest BCUT2D eigenvalue weighted by Gasteiger charge is -2.14. The Morgan fingerprint density at radius 3 is 2.17 bits per heavy atom. The summed E-state index contributed by atoms with van der Waals surface area (Å²) in [4.78, 5) is 21.2. The smallest absolute Gasteiger partial charge is 0.308 e. The van der Waals surface area contributed by atoms with Crippen molar-refractivity contribution in [2.24, 2.45) is 0 Å². The number of carbonyl (C=O) groups excluding carboxylic acids is 2. The van der Waals surface area contributed by atoms with Crippen molar-refractivity contribution in [3.05, 3.63) is 0 Å². The van der Waals surface area contributed by atoms with Gasteiger partial charge in [0.2, 0.25) is 6.29 Å². The Hall–Kier alpha value is -1.06. The number of hydrogen-bond donors (Lipinski definition) is 0. The maximum absolute atomic E-state index is 10.7. The highest BCUT2D eigenvalue weighted by Gasteiger charge is 2.12. The van der Waals surface area contributed by atoms with Gasteiger partial charge in [0.25, 0.3) is 0 Å². The second-order valence-corrected chi connectivity index (χ2v) is 2.29. The first kappa shape index (κ1) is 10.9. The molecule has 4 heteroatoms. The van der Waals surface area contributed by atoms with Crippen molar-refractivity contribution in [1.29, 1.82) is 0 Å². The molecule has 0 heterocycles. The van der Waals surface area contributed by atoms with E-state index in [1.807, 2.05) is 0 Å². The molecule has 0 saturated heterocycles. The average molecular weight is 174 g/mol. The highest BCUT2D eigenvalue weighted by molar-refractivity contribution is 5.70. The lowest BCUT2D eigenvalue weighted by atomic mass is 10.4. The van der Waals surface area contributed by atoms with E-state index in [1.165, 1.54) is 6.92 Å². The molecule has 70 valence electrons. The topological polar surface area (TPSA) is 52.6 Å². The normalized spacial score (nSPS) is 11.9. The molecule has 0 radical (unpaired) electrons. The Bertz CT molecular complexity index is 164. The van der Waals surface area contributed by atoms with Gasteiger partial charge in [-0.15, -0.1) is 0 Å². The maximum atomic E-state index is 10.7. The monoisotopic (exact) mass is 174 g/mol. The van der Waals surface area contributed by atoms with Crippen LogP contribution in [-0.2, 0) is 19.1 Å². The van der Waals surface area contributed by atoms with Gasteiger partial charge in [-0.2, -0.15) is 0 Å². The third-order valence-electron chi connectivity index (χ3n) is 1.18. The molecule has 0 aliphatic heterocycles. The van der Waals surface area contributed by atoms with Gasteiger partial charge in [0, 0.05) is 19.8 Å². The first-order valence-electron chi connectivity index (χ1n) is 3.96. The summed E-state index contributed by atoms with van der Waals surface area (Å²) < 4.78 is 9.47. The van der Waals surface area contributed by atoms with Gasteiger partial charge in [-0.3, -0.25) is 9.59 Å². The van der Waals surface area contributed by atoms with Crippen molar-refractivity contribution >= 4 is 11.9 Å².